The van der Waals surface area contributed by atoms with Gasteiger partial charge < -0.3 is 19.8 Å². The van der Waals surface area contributed by atoms with Crippen molar-refractivity contribution in [1.29, 1.82) is 0 Å². The highest BCUT2D eigenvalue weighted by atomic mass is 31.2. The number of hydrogen-bond acceptors (Lipinski definition) is 5. The molecule has 9 heteroatoms. The minimum atomic E-state index is -4.33. The van der Waals surface area contributed by atoms with Gasteiger partial charge in [-0.15, -0.1) is 0 Å². The highest BCUT2D eigenvalue weighted by Crippen LogP contribution is 2.43. The molecular weight excluding hydrogens is 623 g/mol. The molecule has 0 radical (unpaired) electrons. The molecule has 284 valence electrons. The van der Waals surface area contributed by atoms with Crippen molar-refractivity contribution in [2.45, 2.75) is 180 Å². The zero-order valence-electron chi connectivity index (χ0n) is 32.0. The third-order valence-corrected chi connectivity index (χ3v) is 9.71. The van der Waals surface area contributed by atoms with E-state index in [0.717, 1.165) is 32.1 Å². The Balaban J connectivity index is 4.42. The Morgan fingerprint density at radius 2 is 1.17 bits per heavy atom. The summed E-state index contributed by atoms with van der Waals surface area (Å²) in [7, 11) is 1.55. The monoisotopic (exact) mass is 702 g/mol. The largest absolute Gasteiger partial charge is 0.472 e. The van der Waals surface area contributed by atoms with Crippen molar-refractivity contribution in [2.24, 2.45) is 0 Å². The fourth-order valence-corrected chi connectivity index (χ4v) is 6.25. The summed E-state index contributed by atoms with van der Waals surface area (Å²) in [6.45, 7) is 4.73. The number of phosphoric ester groups is 1. The molecule has 0 saturated heterocycles. The normalized spacial score (nSPS) is 14.9. The van der Waals surface area contributed by atoms with Gasteiger partial charge in [0.25, 0.3) is 0 Å². The summed E-state index contributed by atoms with van der Waals surface area (Å²) < 4.78 is 23.4. The second-order valence-electron chi connectivity index (χ2n) is 14.7. The van der Waals surface area contributed by atoms with Crippen LogP contribution in [0.5, 0.6) is 0 Å². The second-order valence-corrected chi connectivity index (χ2v) is 16.2. The van der Waals surface area contributed by atoms with Crippen LogP contribution >= 0.6 is 7.82 Å². The van der Waals surface area contributed by atoms with E-state index < -0.39 is 20.0 Å². The van der Waals surface area contributed by atoms with Gasteiger partial charge >= 0.3 is 7.82 Å². The number of likely N-dealkylation sites (N-methyl/N-ethyl adjacent to an activating group) is 1. The third-order valence-electron chi connectivity index (χ3n) is 8.73. The lowest BCUT2D eigenvalue weighted by atomic mass is 10.0. The summed E-state index contributed by atoms with van der Waals surface area (Å²) in [6.07, 6.45) is 35.5. The van der Waals surface area contributed by atoms with E-state index in [0.29, 0.717) is 17.4 Å². The molecule has 0 aliphatic carbocycles. The molecule has 1 amide bonds. The lowest BCUT2D eigenvalue weighted by molar-refractivity contribution is -0.870. The topological polar surface area (TPSA) is 105 Å². The van der Waals surface area contributed by atoms with Crippen LogP contribution in [-0.4, -0.2) is 73.4 Å². The van der Waals surface area contributed by atoms with Crippen LogP contribution in [0, 0.1) is 0 Å². The summed E-state index contributed by atoms with van der Waals surface area (Å²) in [5.74, 6) is -0.196. The molecule has 0 aromatic rings. The fourth-order valence-electron chi connectivity index (χ4n) is 5.51. The Bertz CT molecular complexity index is 845. The van der Waals surface area contributed by atoms with Crippen LogP contribution in [0.2, 0.25) is 0 Å². The van der Waals surface area contributed by atoms with Crippen LogP contribution in [0.3, 0.4) is 0 Å². The maximum atomic E-state index is 12.8. The molecule has 1 unspecified atom stereocenters. The van der Waals surface area contributed by atoms with Crippen LogP contribution in [-0.2, 0) is 18.4 Å². The van der Waals surface area contributed by atoms with E-state index in [9.17, 15) is 19.4 Å². The molecule has 0 saturated carbocycles. The number of phosphoric acid groups is 1. The average Bonchev–Trinajstić information content (AvgIpc) is 3.02. The van der Waals surface area contributed by atoms with Crippen molar-refractivity contribution in [2.75, 3.05) is 40.9 Å². The number of aliphatic hydroxyl groups excluding tert-OH is 1. The van der Waals surface area contributed by atoms with Crippen LogP contribution in [0.25, 0.3) is 0 Å². The molecule has 3 N–H and O–H groups in total. The van der Waals surface area contributed by atoms with Gasteiger partial charge in [0.15, 0.2) is 0 Å². The summed E-state index contributed by atoms with van der Waals surface area (Å²) >= 11 is 0. The van der Waals surface area contributed by atoms with Crippen molar-refractivity contribution in [3.8, 4) is 0 Å². The van der Waals surface area contributed by atoms with Crippen LogP contribution in [0.15, 0.2) is 24.3 Å². The quantitative estimate of drug-likeness (QED) is 0.0263. The van der Waals surface area contributed by atoms with Gasteiger partial charge in [-0.1, -0.05) is 167 Å². The first-order valence-corrected chi connectivity index (χ1v) is 21.2. The molecule has 0 rings (SSSR count). The number of hydrogen-bond donors (Lipinski definition) is 3. The van der Waals surface area contributed by atoms with E-state index in [1.165, 1.54) is 116 Å². The van der Waals surface area contributed by atoms with Gasteiger partial charge in [-0.05, 0) is 19.3 Å². The smallest absolute Gasteiger partial charge is 0.387 e. The number of aliphatic hydroxyl groups is 1. The lowest BCUT2D eigenvalue weighted by Gasteiger charge is -2.25. The standard InChI is InChI=1S/C39H77N2O6P/c1-6-8-10-12-14-16-17-18-19-20-21-22-23-25-27-29-31-33-39(43)40-37(36-47-48(44,45)46-35-34-41(3,4)5)38(42)32-30-28-26-24-15-13-11-9-7-2/h26,28,30,32,37-38,42H,6-25,27,29,31,33-36H2,1-5H3,(H-,40,43,44,45)/p+1/b28-26+,32-30+/t37-,38+/m0/s1. The van der Waals surface area contributed by atoms with Crippen LogP contribution in [0.1, 0.15) is 168 Å². The first kappa shape index (κ1) is 47.0. The molecule has 48 heavy (non-hydrogen) atoms. The van der Waals surface area contributed by atoms with Gasteiger partial charge in [-0.3, -0.25) is 13.8 Å². The van der Waals surface area contributed by atoms with Gasteiger partial charge in [-0.25, -0.2) is 4.57 Å². The van der Waals surface area contributed by atoms with E-state index in [4.69, 9.17) is 9.05 Å². The maximum Gasteiger partial charge on any atom is 0.472 e. The van der Waals surface area contributed by atoms with Crippen molar-refractivity contribution in [3.05, 3.63) is 24.3 Å². The highest BCUT2D eigenvalue weighted by molar-refractivity contribution is 7.47. The number of unbranched alkanes of at least 4 members (excludes halogenated alkanes) is 21. The average molecular weight is 702 g/mol. The van der Waals surface area contributed by atoms with E-state index in [-0.39, 0.29) is 19.1 Å². The fraction of sp³-hybridized carbons (Fsp3) is 0.872. The number of rotatable bonds is 35. The van der Waals surface area contributed by atoms with Crippen LogP contribution < -0.4 is 5.32 Å². The molecule has 0 aromatic carbocycles. The Hall–Kier alpha value is -1.02. The molecule has 0 aromatic heterocycles. The summed E-state index contributed by atoms with van der Waals surface area (Å²) in [5.41, 5.74) is 0. The van der Waals surface area contributed by atoms with Crippen molar-refractivity contribution >= 4 is 13.7 Å². The Kier molecular flexibility index (Phi) is 31.2. The van der Waals surface area contributed by atoms with Crippen molar-refractivity contribution in [1.82, 2.24) is 5.32 Å². The summed E-state index contributed by atoms with van der Waals surface area (Å²) in [6, 6.07) is -0.871. The molecule has 0 aliphatic heterocycles. The molecule has 0 aliphatic rings. The third kappa shape index (κ3) is 33.5. The van der Waals surface area contributed by atoms with E-state index in [1.807, 2.05) is 27.2 Å². The molecule has 8 nitrogen and oxygen atoms in total. The van der Waals surface area contributed by atoms with Gasteiger partial charge in [0.05, 0.1) is 39.9 Å². The summed E-state index contributed by atoms with van der Waals surface area (Å²) in [5, 5.41) is 13.7. The van der Waals surface area contributed by atoms with Crippen molar-refractivity contribution < 1.29 is 32.9 Å². The van der Waals surface area contributed by atoms with Gasteiger partial charge in [0, 0.05) is 6.42 Å². The van der Waals surface area contributed by atoms with Crippen LogP contribution in [0.4, 0.5) is 0 Å². The zero-order chi connectivity index (χ0) is 35.8. The molecule has 0 spiro atoms. The number of carbonyl (C=O) groups is 1. The SMILES string of the molecule is CCCCCCC/C=C/C=C/[C@@H](O)[C@H](COP(=O)(O)OCC[N+](C)(C)C)NC(=O)CCCCCCCCCCCCCCCCCCC. The number of nitrogens with one attached hydrogen (secondary N) is 1. The Morgan fingerprint density at radius 1 is 0.708 bits per heavy atom. The highest BCUT2D eigenvalue weighted by Gasteiger charge is 2.27. The molecule has 0 bridgehead atoms. The zero-order valence-corrected chi connectivity index (χ0v) is 32.9. The Morgan fingerprint density at radius 3 is 1.65 bits per heavy atom. The van der Waals surface area contributed by atoms with Gasteiger partial charge in [0.2, 0.25) is 5.91 Å². The molecule has 0 fully saturated rings. The number of allylic oxidation sites excluding steroid dienone is 3. The summed E-state index contributed by atoms with van der Waals surface area (Å²) in [4.78, 5) is 22.9. The molecule has 0 heterocycles. The predicted octanol–water partition coefficient (Wildman–Crippen LogP) is 10.2. The first-order chi connectivity index (χ1) is 23.0. The number of amides is 1. The lowest BCUT2D eigenvalue weighted by Crippen LogP contribution is -2.45. The van der Waals surface area contributed by atoms with E-state index in [2.05, 4.69) is 25.2 Å². The van der Waals surface area contributed by atoms with E-state index >= 15 is 0 Å². The predicted molar refractivity (Wildman–Crippen MR) is 203 cm³/mol. The number of quaternary nitrogens is 1. The van der Waals surface area contributed by atoms with E-state index in [1.54, 1.807) is 12.2 Å². The molecular formula is C39H78N2O6P+. The first-order valence-electron chi connectivity index (χ1n) is 19.7. The van der Waals surface area contributed by atoms with Gasteiger partial charge in [0.1, 0.15) is 13.2 Å². The van der Waals surface area contributed by atoms with Crippen molar-refractivity contribution in [3.63, 3.8) is 0 Å². The number of carbonyl (C=O) groups excluding carboxylic acids is 1. The minimum absolute atomic E-state index is 0.0549. The molecule has 3 atom stereocenters. The number of nitrogens with zero attached hydrogens (tertiary/aromatic N) is 1. The Labute approximate surface area is 296 Å². The maximum absolute atomic E-state index is 12.8. The minimum Gasteiger partial charge on any atom is -0.387 e. The second kappa shape index (κ2) is 31.9. The van der Waals surface area contributed by atoms with Gasteiger partial charge in [-0.2, -0.15) is 0 Å².